The highest BCUT2D eigenvalue weighted by Gasteiger charge is 2.06. The largest absolute Gasteiger partial charge is 0.392 e. The minimum absolute atomic E-state index is 0.00889. The molecule has 0 bridgehead atoms. The molecule has 0 saturated carbocycles. The van der Waals surface area contributed by atoms with Crippen molar-refractivity contribution in [3.63, 3.8) is 0 Å². The van der Waals surface area contributed by atoms with Crippen molar-refractivity contribution >= 4 is 11.6 Å². The van der Waals surface area contributed by atoms with Crippen LogP contribution in [0.4, 0.5) is 5.69 Å². The summed E-state index contributed by atoms with van der Waals surface area (Å²) in [5.74, 6) is 0.536. The quantitative estimate of drug-likeness (QED) is 0.802. The van der Waals surface area contributed by atoms with Gasteiger partial charge in [0.2, 0.25) is 5.91 Å². The average Bonchev–Trinajstić information content (AvgIpc) is 2.27. The van der Waals surface area contributed by atoms with Crippen LogP contribution in [0.1, 0.15) is 32.3 Å². The number of anilines is 1. The Labute approximate surface area is 96.5 Å². The summed E-state index contributed by atoms with van der Waals surface area (Å²) >= 11 is 0. The maximum atomic E-state index is 11.6. The molecule has 0 heterocycles. The van der Waals surface area contributed by atoms with Crippen molar-refractivity contribution in [2.75, 3.05) is 5.32 Å². The van der Waals surface area contributed by atoms with Crippen LogP contribution in [-0.2, 0) is 11.4 Å². The van der Waals surface area contributed by atoms with Crippen LogP contribution in [0.2, 0.25) is 0 Å². The minimum Gasteiger partial charge on any atom is -0.392 e. The molecule has 16 heavy (non-hydrogen) atoms. The molecule has 1 aromatic rings. The summed E-state index contributed by atoms with van der Waals surface area (Å²) in [6, 6.07) is 7.30. The van der Waals surface area contributed by atoms with Crippen LogP contribution >= 0.6 is 0 Å². The second kappa shape index (κ2) is 6.28. The summed E-state index contributed by atoms with van der Waals surface area (Å²) in [6.45, 7) is 4.13. The van der Waals surface area contributed by atoms with E-state index in [1.54, 1.807) is 12.1 Å². The SMILES string of the molecule is CC(C)CCC(=O)Nc1ccccc1CO. The lowest BCUT2D eigenvalue weighted by Crippen LogP contribution is -2.13. The van der Waals surface area contributed by atoms with Crippen LogP contribution in [0, 0.1) is 5.92 Å². The van der Waals surface area contributed by atoms with E-state index in [9.17, 15) is 4.79 Å². The number of para-hydroxylation sites is 1. The van der Waals surface area contributed by atoms with Crippen LogP contribution in [0.15, 0.2) is 24.3 Å². The van der Waals surface area contributed by atoms with Crippen molar-refractivity contribution in [2.24, 2.45) is 5.92 Å². The normalized spacial score (nSPS) is 10.5. The van der Waals surface area contributed by atoms with E-state index in [-0.39, 0.29) is 12.5 Å². The zero-order chi connectivity index (χ0) is 12.0. The molecule has 0 fully saturated rings. The first-order chi connectivity index (χ1) is 7.63. The first-order valence-corrected chi connectivity index (χ1v) is 5.62. The number of rotatable bonds is 5. The van der Waals surface area contributed by atoms with Gasteiger partial charge in [0.05, 0.1) is 6.61 Å². The van der Waals surface area contributed by atoms with Crippen molar-refractivity contribution in [3.8, 4) is 0 Å². The fraction of sp³-hybridized carbons (Fsp3) is 0.462. The number of hydrogen-bond acceptors (Lipinski definition) is 2. The number of amides is 1. The van der Waals surface area contributed by atoms with Crippen LogP contribution in [0.3, 0.4) is 0 Å². The Kier molecular flexibility index (Phi) is 4.99. The number of carbonyl (C=O) groups is 1. The maximum absolute atomic E-state index is 11.6. The molecule has 2 N–H and O–H groups in total. The number of carbonyl (C=O) groups excluding carboxylic acids is 1. The lowest BCUT2D eigenvalue weighted by atomic mass is 10.1. The van der Waals surface area contributed by atoms with Crippen LogP contribution in [0.25, 0.3) is 0 Å². The van der Waals surface area contributed by atoms with E-state index < -0.39 is 0 Å². The van der Waals surface area contributed by atoms with Gasteiger partial charge in [-0.1, -0.05) is 32.0 Å². The molecule has 0 aliphatic rings. The average molecular weight is 221 g/mol. The van der Waals surface area contributed by atoms with Gasteiger partial charge in [0, 0.05) is 17.7 Å². The summed E-state index contributed by atoms with van der Waals surface area (Å²) < 4.78 is 0. The summed E-state index contributed by atoms with van der Waals surface area (Å²) in [6.07, 6.45) is 1.41. The predicted octanol–water partition coefficient (Wildman–Crippen LogP) is 2.55. The van der Waals surface area contributed by atoms with Gasteiger partial charge < -0.3 is 10.4 Å². The van der Waals surface area contributed by atoms with Gasteiger partial charge in [-0.15, -0.1) is 0 Å². The molecule has 3 heteroatoms. The highest BCUT2D eigenvalue weighted by Crippen LogP contribution is 2.15. The lowest BCUT2D eigenvalue weighted by molar-refractivity contribution is -0.116. The van der Waals surface area contributed by atoms with E-state index in [0.717, 1.165) is 12.0 Å². The van der Waals surface area contributed by atoms with Crippen molar-refractivity contribution in [2.45, 2.75) is 33.3 Å². The van der Waals surface area contributed by atoms with Gasteiger partial charge in [-0.3, -0.25) is 4.79 Å². The standard InChI is InChI=1S/C13H19NO2/c1-10(2)7-8-13(16)14-12-6-4-3-5-11(12)9-15/h3-6,10,15H,7-9H2,1-2H3,(H,14,16). The molecule has 1 rings (SSSR count). The summed E-state index contributed by atoms with van der Waals surface area (Å²) in [5, 5.41) is 11.9. The number of aliphatic hydroxyl groups is 1. The van der Waals surface area contributed by atoms with Gasteiger partial charge in [0.25, 0.3) is 0 Å². The number of benzene rings is 1. The van der Waals surface area contributed by atoms with Crippen molar-refractivity contribution in [3.05, 3.63) is 29.8 Å². The monoisotopic (exact) mass is 221 g/mol. The third-order valence-electron chi connectivity index (χ3n) is 2.41. The van der Waals surface area contributed by atoms with Gasteiger partial charge in [-0.25, -0.2) is 0 Å². The Morgan fingerprint density at radius 1 is 1.38 bits per heavy atom. The molecule has 3 nitrogen and oxygen atoms in total. The number of hydrogen-bond donors (Lipinski definition) is 2. The topological polar surface area (TPSA) is 49.3 Å². The zero-order valence-corrected chi connectivity index (χ0v) is 9.86. The van der Waals surface area contributed by atoms with Crippen LogP contribution in [0.5, 0.6) is 0 Å². The van der Waals surface area contributed by atoms with Crippen molar-refractivity contribution in [1.82, 2.24) is 0 Å². The van der Waals surface area contributed by atoms with E-state index in [2.05, 4.69) is 19.2 Å². The Hall–Kier alpha value is -1.35. The van der Waals surface area contributed by atoms with E-state index >= 15 is 0 Å². The molecule has 88 valence electrons. The molecule has 0 aromatic heterocycles. The first-order valence-electron chi connectivity index (χ1n) is 5.62. The second-order valence-electron chi connectivity index (χ2n) is 4.30. The molecule has 0 aliphatic heterocycles. The van der Waals surface area contributed by atoms with Crippen molar-refractivity contribution < 1.29 is 9.90 Å². The van der Waals surface area contributed by atoms with Gasteiger partial charge in [0.1, 0.15) is 0 Å². The summed E-state index contributed by atoms with van der Waals surface area (Å²) in [7, 11) is 0. The molecule has 1 amide bonds. The molecule has 0 saturated heterocycles. The summed E-state index contributed by atoms with van der Waals surface area (Å²) in [4.78, 5) is 11.6. The van der Waals surface area contributed by atoms with Gasteiger partial charge in [-0.05, 0) is 18.4 Å². The molecule has 0 aliphatic carbocycles. The van der Waals surface area contributed by atoms with E-state index in [1.807, 2.05) is 12.1 Å². The highest BCUT2D eigenvalue weighted by atomic mass is 16.3. The van der Waals surface area contributed by atoms with E-state index in [1.165, 1.54) is 0 Å². The lowest BCUT2D eigenvalue weighted by Gasteiger charge is -2.09. The van der Waals surface area contributed by atoms with Crippen LogP contribution in [-0.4, -0.2) is 11.0 Å². The van der Waals surface area contributed by atoms with E-state index in [4.69, 9.17) is 5.11 Å². The maximum Gasteiger partial charge on any atom is 0.224 e. The molecule has 0 spiro atoms. The van der Waals surface area contributed by atoms with E-state index in [0.29, 0.717) is 18.0 Å². The van der Waals surface area contributed by atoms with Crippen LogP contribution < -0.4 is 5.32 Å². The fourth-order valence-corrected chi connectivity index (χ4v) is 1.41. The van der Waals surface area contributed by atoms with Gasteiger partial charge in [0.15, 0.2) is 0 Å². The Bertz CT molecular complexity index is 348. The third kappa shape index (κ3) is 4.03. The molecule has 0 radical (unpaired) electrons. The molecular weight excluding hydrogens is 202 g/mol. The molecular formula is C13H19NO2. The summed E-state index contributed by atoms with van der Waals surface area (Å²) in [5.41, 5.74) is 1.46. The Balaban J connectivity index is 2.55. The number of aliphatic hydroxyl groups excluding tert-OH is 1. The van der Waals surface area contributed by atoms with Gasteiger partial charge in [-0.2, -0.15) is 0 Å². The fourth-order valence-electron chi connectivity index (χ4n) is 1.41. The smallest absolute Gasteiger partial charge is 0.224 e. The highest BCUT2D eigenvalue weighted by molar-refractivity contribution is 5.91. The second-order valence-corrected chi connectivity index (χ2v) is 4.30. The predicted molar refractivity (Wildman–Crippen MR) is 65.1 cm³/mol. The molecule has 0 unspecified atom stereocenters. The first kappa shape index (κ1) is 12.7. The Morgan fingerprint density at radius 3 is 2.69 bits per heavy atom. The molecule has 0 atom stereocenters. The Morgan fingerprint density at radius 2 is 2.06 bits per heavy atom. The van der Waals surface area contributed by atoms with Gasteiger partial charge >= 0.3 is 0 Å². The van der Waals surface area contributed by atoms with Crippen molar-refractivity contribution in [1.29, 1.82) is 0 Å². The molecule has 1 aromatic carbocycles. The minimum atomic E-state index is -0.0549. The number of nitrogens with one attached hydrogen (secondary N) is 1. The third-order valence-corrected chi connectivity index (χ3v) is 2.41. The zero-order valence-electron chi connectivity index (χ0n) is 9.86.